The summed E-state index contributed by atoms with van der Waals surface area (Å²) >= 11 is 0. The van der Waals surface area contributed by atoms with Crippen LogP contribution in [0.3, 0.4) is 0 Å². The molecule has 96 valence electrons. The van der Waals surface area contributed by atoms with Crippen molar-refractivity contribution in [2.75, 3.05) is 19.7 Å². The van der Waals surface area contributed by atoms with Gasteiger partial charge in [-0.1, -0.05) is 39.5 Å². The molecule has 0 aromatic heterocycles. The highest BCUT2D eigenvalue weighted by Gasteiger charge is 2.25. The molecule has 0 heterocycles. The van der Waals surface area contributed by atoms with E-state index in [9.17, 15) is 0 Å². The lowest BCUT2D eigenvalue weighted by molar-refractivity contribution is 0.0821. The summed E-state index contributed by atoms with van der Waals surface area (Å²) < 4.78 is 0. The highest BCUT2D eigenvalue weighted by molar-refractivity contribution is 4.81. The zero-order valence-corrected chi connectivity index (χ0v) is 11.1. The Morgan fingerprint density at radius 3 is 2.50 bits per heavy atom. The van der Waals surface area contributed by atoms with Gasteiger partial charge in [-0.2, -0.15) is 0 Å². The lowest BCUT2D eigenvalue weighted by Crippen LogP contribution is -2.44. The van der Waals surface area contributed by atoms with E-state index in [1.807, 2.05) is 0 Å². The summed E-state index contributed by atoms with van der Waals surface area (Å²) in [7, 11) is 0. The number of hydrogen-bond acceptors (Lipinski definition) is 2. The molecule has 0 amide bonds. The Balaban J connectivity index is 2.31. The van der Waals surface area contributed by atoms with E-state index in [1.54, 1.807) is 0 Å². The van der Waals surface area contributed by atoms with Crippen molar-refractivity contribution in [1.29, 1.82) is 0 Å². The minimum absolute atomic E-state index is 0.320. The third-order valence-corrected chi connectivity index (χ3v) is 4.01. The van der Waals surface area contributed by atoms with Gasteiger partial charge in [-0.25, -0.2) is 0 Å². The highest BCUT2D eigenvalue weighted by Crippen LogP contribution is 2.26. The van der Waals surface area contributed by atoms with Crippen LogP contribution in [0.25, 0.3) is 0 Å². The van der Waals surface area contributed by atoms with Gasteiger partial charge in [0.15, 0.2) is 0 Å². The van der Waals surface area contributed by atoms with Gasteiger partial charge in [0.1, 0.15) is 0 Å². The Hall–Kier alpha value is -0.0800. The molecular formula is C14H29NO. The van der Waals surface area contributed by atoms with Crippen LogP contribution in [-0.2, 0) is 0 Å². The Kier molecular flexibility index (Phi) is 7.06. The Labute approximate surface area is 101 Å². The van der Waals surface area contributed by atoms with Crippen LogP contribution in [0.1, 0.15) is 58.8 Å². The Morgan fingerprint density at radius 2 is 2.06 bits per heavy atom. The van der Waals surface area contributed by atoms with E-state index in [-0.39, 0.29) is 0 Å². The summed E-state index contributed by atoms with van der Waals surface area (Å²) in [4.78, 5) is 2.54. The molecule has 1 fully saturated rings. The van der Waals surface area contributed by atoms with Gasteiger partial charge in [0.2, 0.25) is 0 Å². The van der Waals surface area contributed by atoms with Crippen LogP contribution >= 0.6 is 0 Å². The maximum atomic E-state index is 9.13. The minimum atomic E-state index is 0.320. The molecule has 1 N–H and O–H groups in total. The molecule has 2 nitrogen and oxygen atoms in total. The molecule has 0 bridgehead atoms. The molecule has 0 aliphatic heterocycles. The molecule has 2 heteroatoms. The van der Waals surface area contributed by atoms with Crippen LogP contribution in [0, 0.1) is 5.92 Å². The first-order valence-electron chi connectivity index (χ1n) is 7.16. The summed E-state index contributed by atoms with van der Waals surface area (Å²) in [5.74, 6) is 0.840. The van der Waals surface area contributed by atoms with Crippen molar-refractivity contribution in [3.8, 4) is 0 Å². The number of rotatable bonds is 9. The summed E-state index contributed by atoms with van der Waals surface area (Å²) in [5.41, 5.74) is 0. The van der Waals surface area contributed by atoms with E-state index in [1.165, 1.54) is 51.5 Å². The van der Waals surface area contributed by atoms with Gasteiger partial charge in [-0.15, -0.1) is 0 Å². The van der Waals surface area contributed by atoms with Crippen molar-refractivity contribution >= 4 is 0 Å². The van der Waals surface area contributed by atoms with Gasteiger partial charge in [-0.05, 0) is 25.2 Å². The van der Waals surface area contributed by atoms with E-state index in [0.717, 1.165) is 18.5 Å². The van der Waals surface area contributed by atoms with E-state index in [2.05, 4.69) is 18.7 Å². The number of aliphatic hydroxyl groups excluding tert-OH is 1. The molecule has 1 atom stereocenters. The molecule has 1 aliphatic carbocycles. The molecule has 0 saturated heterocycles. The van der Waals surface area contributed by atoms with Crippen molar-refractivity contribution in [2.45, 2.75) is 64.8 Å². The first-order chi connectivity index (χ1) is 7.81. The van der Waals surface area contributed by atoms with Crippen molar-refractivity contribution in [3.63, 3.8) is 0 Å². The van der Waals surface area contributed by atoms with Crippen molar-refractivity contribution in [3.05, 3.63) is 0 Å². The Morgan fingerprint density at radius 1 is 1.31 bits per heavy atom. The Bertz CT molecular complexity index is 168. The first kappa shape index (κ1) is 14.0. The number of unbranched alkanes of at least 4 members (excludes halogenated alkanes) is 1. The van der Waals surface area contributed by atoms with E-state index in [4.69, 9.17) is 5.11 Å². The second-order valence-electron chi connectivity index (χ2n) is 5.22. The van der Waals surface area contributed by atoms with Crippen LogP contribution < -0.4 is 0 Å². The quantitative estimate of drug-likeness (QED) is 0.654. The van der Waals surface area contributed by atoms with Crippen molar-refractivity contribution in [1.82, 2.24) is 4.90 Å². The van der Waals surface area contributed by atoms with E-state index in [0.29, 0.717) is 6.61 Å². The average molecular weight is 227 g/mol. The minimum Gasteiger partial charge on any atom is -0.395 e. The number of aliphatic hydroxyl groups is 1. The summed E-state index contributed by atoms with van der Waals surface area (Å²) in [6.45, 7) is 6.98. The molecule has 1 aliphatic rings. The molecule has 0 spiro atoms. The zero-order valence-electron chi connectivity index (χ0n) is 11.1. The maximum absolute atomic E-state index is 9.13. The second kappa shape index (κ2) is 8.08. The SMILES string of the molecule is CCCCC(CC)CN(CCO)C1CCC1. The predicted octanol–water partition coefficient (Wildman–Crippen LogP) is 3.05. The van der Waals surface area contributed by atoms with Gasteiger partial charge >= 0.3 is 0 Å². The van der Waals surface area contributed by atoms with Crippen LogP contribution in [0.5, 0.6) is 0 Å². The third kappa shape index (κ3) is 4.42. The summed E-state index contributed by atoms with van der Waals surface area (Å²) in [6, 6.07) is 0.780. The van der Waals surface area contributed by atoms with Gasteiger partial charge < -0.3 is 5.11 Å². The fraction of sp³-hybridized carbons (Fsp3) is 1.00. The highest BCUT2D eigenvalue weighted by atomic mass is 16.3. The largest absolute Gasteiger partial charge is 0.395 e. The van der Waals surface area contributed by atoms with Crippen LogP contribution in [0.15, 0.2) is 0 Å². The van der Waals surface area contributed by atoms with Gasteiger partial charge in [-0.3, -0.25) is 4.90 Å². The van der Waals surface area contributed by atoms with Gasteiger partial charge in [0, 0.05) is 19.1 Å². The first-order valence-corrected chi connectivity index (χ1v) is 7.16. The molecule has 16 heavy (non-hydrogen) atoms. The maximum Gasteiger partial charge on any atom is 0.0558 e. The predicted molar refractivity (Wildman–Crippen MR) is 69.6 cm³/mol. The lowest BCUT2D eigenvalue weighted by Gasteiger charge is -2.39. The number of hydrogen-bond donors (Lipinski definition) is 1. The van der Waals surface area contributed by atoms with Crippen LogP contribution in [0.4, 0.5) is 0 Å². The summed E-state index contributed by atoms with van der Waals surface area (Å²) in [6.07, 6.45) is 9.40. The second-order valence-corrected chi connectivity index (χ2v) is 5.22. The average Bonchev–Trinajstić information content (AvgIpc) is 2.21. The molecule has 0 aromatic rings. The van der Waals surface area contributed by atoms with E-state index >= 15 is 0 Å². The molecular weight excluding hydrogens is 198 g/mol. The van der Waals surface area contributed by atoms with Crippen molar-refractivity contribution in [2.24, 2.45) is 5.92 Å². The molecule has 1 unspecified atom stereocenters. The molecule has 1 rings (SSSR count). The standard InChI is InChI=1S/C14H29NO/c1-3-5-7-13(4-2)12-15(10-11-16)14-8-6-9-14/h13-14,16H,3-12H2,1-2H3. The molecule has 0 aromatic carbocycles. The van der Waals surface area contributed by atoms with Gasteiger partial charge in [0.05, 0.1) is 6.61 Å². The molecule has 1 saturated carbocycles. The fourth-order valence-corrected chi connectivity index (χ4v) is 2.55. The van der Waals surface area contributed by atoms with Crippen molar-refractivity contribution < 1.29 is 5.11 Å². The zero-order chi connectivity index (χ0) is 11.8. The topological polar surface area (TPSA) is 23.5 Å². The monoisotopic (exact) mass is 227 g/mol. The summed E-state index contributed by atoms with van der Waals surface area (Å²) in [5, 5.41) is 9.13. The van der Waals surface area contributed by atoms with Crippen LogP contribution in [0.2, 0.25) is 0 Å². The normalized spacial score (nSPS) is 18.8. The van der Waals surface area contributed by atoms with Gasteiger partial charge in [0.25, 0.3) is 0 Å². The van der Waals surface area contributed by atoms with E-state index < -0.39 is 0 Å². The smallest absolute Gasteiger partial charge is 0.0558 e. The lowest BCUT2D eigenvalue weighted by atomic mass is 9.89. The third-order valence-electron chi connectivity index (χ3n) is 4.01. The fourth-order valence-electron chi connectivity index (χ4n) is 2.55. The molecule has 0 radical (unpaired) electrons. The number of nitrogens with zero attached hydrogens (tertiary/aromatic N) is 1. The van der Waals surface area contributed by atoms with Crippen LogP contribution in [-0.4, -0.2) is 35.7 Å².